The molecule has 6 aromatic rings. The molecule has 4 heterocycles. The van der Waals surface area contributed by atoms with E-state index in [2.05, 4.69) is 35.3 Å². The Bertz CT molecular complexity index is 1640. The molecule has 0 aliphatic heterocycles. The molecule has 9 heteroatoms. The largest absolute Gasteiger partial charge is 0.439 e. The van der Waals surface area contributed by atoms with E-state index < -0.39 is 0 Å². The predicted molar refractivity (Wildman–Crippen MR) is 126 cm³/mol. The Kier molecular flexibility index (Phi) is 4.77. The van der Waals surface area contributed by atoms with Crippen LogP contribution in [0.4, 0.5) is 0 Å². The average Bonchev–Trinajstić information content (AvgIpc) is 3.51. The van der Waals surface area contributed by atoms with Crippen molar-refractivity contribution < 1.29 is 9.53 Å². The van der Waals surface area contributed by atoms with E-state index in [0.29, 0.717) is 23.1 Å². The number of H-pyrrole nitrogens is 2. The van der Waals surface area contributed by atoms with Crippen LogP contribution in [0.3, 0.4) is 0 Å². The van der Waals surface area contributed by atoms with Crippen LogP contribution < -0.4 is 4.74 Å². The van der Waals surface area contributed by atoms with Gasteiger partial charge in [0.1, 0.15) is 5.75 Å². The number of nitrogens with one attached hydrogen (secondary N) is 2. The molecule has 34 heavy (non-hydrogen) atoms. The van der Waals surface area contributed by atoms with Gasteiger partial charge in [0.2, 0.25) is 5.88 Å². The molecule has 0 aliphatic rings. The molecule has 0 saturated carbocycles. The van der Waals surface area contributed by atoms with E-state index in [4.69, 9.17) is 4.74 Å². The van der Waals surface area contributed by atoms with Gasteiger partial charge in [0.25, 0.3) is 0 Å². The van der Waals surface area contributed by atoms with Crippen LogP contribution >= 0.6 is 0 Å². The number of carbonyl (C=O) groups excluding carboxylic acids is 1. The number of carbonyl (C=O) groups is 1. The topological polar surface area (TPSA) is 122 Å². The zero-order valence-corrected chi connectivity index (χ0v) is 17.8. The Morgan fingerprint density at radius 3 is 2.76 bits per heavy atom. The smallest absolute Gasteiger partial charge is 0.222 e. The minimum atomic E-state index is -0.0213. The quantitative estimate of drug-likeness (QED) is 0.360. The second-order valence-corrected chi connectivity index (χ2v) is 7.78. The Morgan fingerprint density at radius 2 is 1.85 bits per heavy atom. The summed E-state index contributed by atoms with van der Waals surface area (Å²) in [6.07, 6.45) is 6.82. The van der Waals surface area contributed by atoms with Crippen molar-refractivity contribution in [1.82, 2.24) is 35.3 Å². The summed E-state index contributed by atoms with van der Waals surface area (Å²) in [6.45, 7) is 0. The third-order valence-corrected chi connectivity index (χ3v) is 5.46. The number of rotatable bonds is 6. The molecule has 0 fully saturated rings. The van der Waals surface area contributed by atoms with E-state index in [-0.39, 0.29) is 12.2 Å². The maximum atomic E-state index is 12.7. The number of hydrogen-bond acceptors (Lipinski definition) is 7. The van der Waals surface area contributed by atoms with Gasteiger partial charge in [-0.2, -0.15) is 20.3 Å². The van der Waals surface area contributed by atoms with Crippen molar-refractivity contribution in [3.05, 3.63) is 90.6 Å². The van der Waals surface area contributed by atoms with Crippen molar-refractivity contribution in [2.24, 2.45) is 0 Å². The molecular weight excluding hydrogens is 430 g/mol. The number of aromatic amines is 2. The molecule has 0 radical (unpaired) electrons. The molecule has 0 saturated heterocycles. The maximum Gasteiger partial charge on any atom is 0.222 e. The molecule has 9 nitrogen and oxygen atoms in total. The fourth-order valence-electron chi connectivity index (χ4n) is 3.76. The highest BCUT2D eigenvalue weighted by Gasteiger charge is 2.13. The van der Waals surface area contributed by atoms with E-state index in [1.807, 2.05) is 42.5 Å². The summed E-state index contributed by atoms with van der Waals surface area (Å²) in [5, 5.41) is 16.4. The molecule has 6 rings (SSSR count). The first-order chi connectivity index (χ1) is 16.7. The van der Waals surface area contributed by atoms with Crippen LogP contribution in [0.5, 0.6) is 11.6 Å². The van der Waals surface area contributed by atoms with Crippen molar-refractivity contribution in [2.45, 2.75) is 6.42 Å². The molecule has 2 aromatic carbocycles. The number of ether oxygens (including phenoxy) is 1. The lowest BCUT2D eigenvalue weighted by molar-refractivity contribution is 0.0989. The molecule has 0 atom stereocenters. The minimum Gasteiger partial charge on any atom is -0.439 e. The number of ketones is 1. The summed E-state index contributed by atoms with van der Waals surface area (Å²) in [5.41, 5.74) is 3.93. The van der Waals surface area contributed by atoms with Crippen LogP contribution in [-0.4, -0.2) is 41.1 Å². The van der Waals surface area contributed by atoms with Gasteiger partial charge in [-0.1, -0.05) is 12.1 Å². The zero-order chi connectivity index (χ0) is 22.9. The first kappa shape index (κ1) is 19.7. The average molecular weight is 447 g/mol. The van der Waals surface area contributed by atoms with Crippen molar-refractivity contribution >= 4 is 27.6 Å². The van der Waals surface area contributed by atoms with E-state index >= 15 is 0 Å². The highest BCUT2D eigenvalue weighted by molar-refractivity contribution is 6.01. The predicted octanol–water partition coefficient (Wildman–Crippen LogP) is 4.51. The van der Waals surface area contributed by atoms with E-state index in [1.165, 1.54) is 0 Å². The Labute approximate surface area is 192 Å². The first-order valence-electron chi connectivity index (χ1n) is 10.6. The van der Waals surface area contributed by atoms with Crippen LogP contribution in [0.1, 0.15) is 16.1 Å². The molecule has 0 unspecified atom stereocenters. The second-order valence-electron chi connectivity index (χ2n) is 7.78. The van der Waals surface area contributed by atoms with Gasteiger partial charge in [-0.05, 0) is 42.0 Å². The summed E-state index contributed by atoms with van der Waals surface area (Å²) in [5.74, 6) is 1.59. The van der Waals surface area contributed by atoms with Gasteiger partial charge in [-0.3, -0.25) is 9.89 Å². The lowest BCUT2D eigenvalue weighted by atomic mass is 10.1. The molecule has 164 valence electrons. The molecular formula is C25H17N7O2. The molecule has 4 aromatic heterocycles. The van der Waals surface area contributed by atoms with Crippen molar-refractivity contribution in [3.8, 4) is 23.0 Å². The second kappa shape index (κ2) is 8.21. The van der Waals surface area contributed by atoms with E-state index in [9.17, 15) is 4.79 Å². The van der Waals surface area contributed by atoms with Crippen molar-refractivity contribution in [3.63, 3.8) is 0 Å². The SMILES string of the molecule is O=C(Cc1ccnnc1)c1cc2ccc(-c3nccc(Oc4ccc5[nH]ncc5c4)n3)cc2[nH]1. The Hall–Kier alpha value is -4.92. The molecule has 0 amide bonds. The third kappa shape index (κ3) is 3.86. The standard InChI is InChI=1S/C25H17N7O2/c33-23(9-15-5-8-27-28-13-15)22-11-16-1-2-17(12-21(16)30-22)25-26-7-6-24(31-25)34-19-3-4-20-18(10-19)14-29-32-20/h1-8,10-14,30H,9H2,(H,29,32). The highest BCUT2D eigenvalue weighted by Crippen LogP contribution is 2.27. The summed E-state index contributed by atoms with van der Waals surface area (Å²) in [6, 6.07) is 16.8. The van der Waals surface area contributed by atoms with Gasteiger partial charge in [-0.25, -0.2) is 4.98 Å². The van der Waals surface area contributed by atoms with Crippen LogP contribution in [0.15, 0.2) is 79.4 Å². The number of benzene rings is 2. The van der Waals surface area contributed by atoms with Gasteiger partial charge in [-0.15, -0.1) is 0 Å². The van der Waals surface area contributed by atoms with E-state index in [0.717, 1.165) is 32.9 Å². The number of hydrogen-bond donors (Lipinski definition) is 2. The Balaban J connectivity index is 1.25. The maximum absolute atomic E-state index is 12.7. The lowest BCUT2D eigenvalue weighted by Crippen LogP contribution is -2.04. The normalized spacial score (nSPS) is 11.2. The fraction of sp³-hybridized carbons (Fsp3) is 0.0400. The number of nitrogens with zero attached hydrogens (tertiary/aromatic N) is 5. The molecule has 0 spiro atoms. The van der Waals surface area contributed by atoms with Crippen LogP contribution in [0.2, 0.25) is 0 Å². The first-order valence-corrected chi connectivity index (χ1v) is 10.6. The summed E-state index contributed by atoms with van der Waals surface area (Å²) in [7, 11) is 0. The molecule has 0 bridgehead atoms. The van der Waals surface area contributed by atoms with Crippen LogP contribution in [0, 0.1) is 0 Å². The summed E-state index contributed by atoms with van der Waals surface area (Å²) in [4.78, 5) is 24.9. The van der Waals surface area contributed by atoms with Gasteiger partial charge < -0.3 is 9.72 Å². The van der Waals surface area contributed by atoms with Gasteiger partial charge in [0.05, 0.1) is 23.6 Å². The molecule has 2 N–H and O–H groups in total. The van der Waals surface area contributed by atoms with Gasteiger partial charge >= 0.3 is 0 Å². The number of Topliss-reactive ketones (excluding diaryl/α,β-unsaturated/α-hetero) is 1. The van der Waals surface area contributed by atoms with Gasteiger partial charge in [0.15, 0.2) is 11.6 Å². The summed E-state index contributed by atoms with van der Waals surface area (Å²) < 4.78 is 5.94. The van der Waals surface area contributed by atoms with Crippen LogP contribution in [-0.2, 0) is 6.42 Å². The van der Waals surface area contributed by atoms with Crippen molar-refractivity contribution in [1.29, 1.82) is 0 Å². The van der Waals surface area contributed by atoms with Crippen molar-refractivity contribution in [2.75, 3.05) is 0 Å². The lowest BCUT2D eigenvalue weighted by Gasteiger charge is -2.06. The third-order valence-electron chi connectivity index (χ3n) is 5.46. The number of fused-ring (bicyclic) bond motifs is 2. The monoisotopic (exact) mass is 447 g/mol. The summed E-state index contributed by atoms with van der Waals surface area (Å²) >= 11 is 0. The number of aromatic nitrogens is 7. The minimum absolute atomic E-state index is 0.0213. The Morgan fingerprint density at radius 1 is 0.882 bits per heavy atom. The fourth-order valence-corrected chi connectivity index (χ4v) is 3.76. The molecule has 0 aliphatic carbocycles. The van der Waals surface area contributed by atoms with Gasteiger partial charge in [0, 0.05) is 46.7 Å². The highest BCUT2D eigenvalue weighted by atomic mass is 16.5. The van der Waals surface area contributed by atoms with E-state index in [1.54, 1.807) is 36.9 Å². The zero-order valence-electron chi connectivity index (χ0n) is 17.8. The van der Waals surface area contributed by atoms with Crippen LogP contribution in [0.25, 0.3) is 33.2 Å².